The van der Waals surface area contributed by atoms with Crippen LogP contribution in [0.15, 0.2) is 48.9 Å². The van der Waals surface area contributed by atoms with Gasteiger partial charge in [-0.2, -0.15) is 0 Å². The first-order chi connectivity index (χ1) is 10.7. The third kappa shape index (κ3) is 1.96. The zero-order valence-corrected chi connectivity index (χ0v) is 11.8. The van der Waals surface area contributed by atoms with Crippen molar-refractivity contribution in [3.8, 4) is 0 Å². The monoisotopic (exact) mass is 293 g/mol. The molecule has 0 fully saturated rings. The van der Waals surface area contributed by atoms with Gasteiger partial charge in [-0.05, 0) is 30.3 Å². The molecule has 4 heterocycles. The fraction of sp³-hybridized carbons (Fsp3) is 0.0625. The minimum Gasteiger partial charge on any atom is -0.328 e. The molecule has 4 aromatic rings. The Balaban J connectivity index is 1.82. The number of pyridine rings is 3. The topological polar surface area (TPSA) is 55.6 Å². The van der Waals surface area contributed by atoms with Gasteiger partial charge < -0.3 is 9.88 Å². The van der Waals surface area contributed by atoms with E-state index in [2.05, 4.69) is 20.3 Å². The average molecular weight is 293 g/mol. The van der Waals surface area contributed by atoms with Crippen LogP contribution in [0.25, 0.3) is 21.9 Å². The van der Waals surface area contributed by atoms with E-state index in [0.29, 0.717) is 11.6 Å². The first-order valence-corrected chi connectivity index (χ1v) is 6.80. The molecule has 4 aromatic heterocycles. The molecule has 6 heteroatoms. The Morgan fingerprint density at radius 3 is 2.68 bits per heavy atom. The maximum atomic E-state index is 12.9. The molecular weight excluding hydrogens is 281 g/mol. The highest BCUT2D eigenvalue weighted by Gasteiger charge is 2.10. The lowest BCUT2D eigenvalue weighted by Gasteiger charge is -2.05. The van der Waals surface area contributed by atoms with E-state index < -0.39 is 0 Å². The molecule has 0 aromatic carbocycles. The molecule has 0 aliphatic carbocycles. The van der Waals surface area contributed by atoms with Gasteiger partial charge in [-0.3, -0.25) is 4.98 Å². The highest BCUT2D eigenvalue weighted by atomic mass is 19.1. The second kappa shape index (κ2) is 4.77. The van der Waals surface area contributed by atoms with Gasteiger partial charge >= 0.3 is 0 Å². The van der Waals surface area contributed by atoms with E-state index in [9.17, 15) is 4.39 Å². The van der Waals surface area contributed by atoms with Gasteiger partial charge in [0.25, 0.3) is 0 Å². The van der Waals surface area contributed by atoms with Gasteiger partial charge in [-0.25, -0.2) is 14.4 Å². The summed E-state index contributed by atoms with van der Waals surface area (Å²) < 4.78 is 14.9. The standard InChI is InChI=1S/C16H12FN5/c1-22-13-6-7-18-9-12(13)11-3-5-15(21-16(11)22)20-14-4-2-10(17)8-19-14/h2-9H,1H3,(H,19,20,21). The Hall–Kier alpha value is -3.02. The molecule has 0 aliphatic rings. The Morgan fingerprint density at radius 2 is 1.86 bits per heavy atom. The fourth-order valence-corrected chi connectivity index (χ4v) is 2.57. The Labute approximate surface area is 125 Å². The number of nitrogens with zero attached hydrogens (tertiary/aromatic N) is 4. The minimum absolute atomic E-state index is 0.366. The van der Waals surface area contributed by atoms with Crippen molar-refractivity contribution < 1.29 is 4.39 Å². The van der Waals surface area contributed by atoms with Gasteiger partial charge in [0.05, 0.1) is 11.7 Å². The molecule has 0 saturated carbocycles. The molecule has 22 heavy (non-hydrogen) atoms. The lowest BCUT2D eigenvalue weighted by atomic mass is 10.2. The molecule has 0 bridgehead atoms. The zero-order valence-electron chi connectivity index (χ0n) is 11.8. The second-order valence-corrected chi connectivity index (χ2v) is 5.01. The van der Waals surface area contributed by atoms with Gasteiger partial charge in [-0.15, -0.1) is 0 Å². The van der Waals surface area contributed by atoms with Crippen LogP contribution in [-0.4, -0.2) is 19.5 Å². The Kier molecular flexibility index (Phi) is 2.75. The molecule has 1 N–H and O–H groups in total. The minimum atomic E-state index is -0.366. The summed E-state index contributed by atoms with van der Waals surface area (Å²) in [7, 11) is 1.97. The maximum Gasteiger partial charge on any atom is 0.143 e. The number of aryl methyl sites for hydroxylation is 1. The van der Waals surface area contributed by atoms with E-state index in [4.69, 9.17) is 0 Å². The SMILES string of the molecule is Cn1c2ccncc2c2ccc(Nc3ccc(F)cn3)nc21. The molecule has 0 amide bonds. The predicted molar refractivity (Wildman–Crippen MR) is 83.5 cm³/mol. The number of rotatable bonds is 2. The van der Waals surface area contributed by atoms with Crippen molar-refractivity contribution in [1.29, 1.82) is 0 Å². The second-order valence-electron chi connectivity index (χ2n) is 5.01. The van der Waals surface area contributed by atoms with Crippen molar-refractivity contribution in [2.75, 3.05) is 5.32 Å². The normalized spacial score (nSPS) is 11.2. The van der Waals surface area contributed by atoms with Crippen molar-refractivity contribution in [2.45, 2.75) is 0 Å². The molecular formula is C16H12FN5. The van der Waals surface area contributed by atoms with Gasteiger partial charge in [0.15, 0.2) is 0 Å². The largest absolute Gasteiger partial charge is 0.328 e. The summed E-state index contributed by atoms with van der Waals surface area (Å²) in [6.07, 6.45) is 4.78. The van der Waals surface area contributed by atoms with Gasteiger partial charge in [0.2, 0.25) is 0 Å². The third-order valence-electron chi connectivity index (χ3n) is 3.63. The molecule has 4 rings (SSSR count). The Bertz CT molecular complexity index is 975. The van der Waals surface area contributed by atoms with Crippen LogP contribution in [0, 0.1) is 5.82 Å². The van der Waals surface area contributed by atoms with Crippen LogP contribution in [0.1, 0.15) is 0 Å². The van der Waals surface area contributed by atoms with E-state index in [0.717, 1.165) is 21.9 Å². The molecule has 108 valence electrons. The summed E-state index contributed by atoms with van der Waals surface area (Å²) in [5, 5.41) is 5.19. The fourth-order valence-electron chi connectivity index (χ4n) is 2.57. The molecule has 0 radical (unpaired) electrons. The van der Waals surface area contributed by atoms with Crippen LogP contribution < -0.4 is 5.32 Å². The number of aromatic nitrogens is 4. The highest BCUT2D eigenvalue weighted by Crippen LogP contribution is 2.27. The first-order valence-electron chi connectivity index (χ1n) is 6.80. The zero-order chi connectivity index (χ0) is 15.1. The van der Waals surface area contributed by atoms with Crippen molar-refractivity contribution in [3.05, 3.63) is 54.7 Å². The van der Waals surface area contributed by atoms with Crippen LogP contribution >= 0.6 is 0 Å². The number of anilines is 2. The molecule has 0 aliphatic heterocycles. The van der Waals surface area contributed by atoms with Crippen LogP contribution in [0.2, 0.25) is 0 Å². The Morgan fingerprint density at radius 1 is 1.00 bits per heavy atom. The van der Waals surface area contributed by atoms with E-state index in [1.165, 1.54) is 12.3 Å². The number of fused-ring (bicyclic) bond motifs is 3. The predicted octanol–water partition coefficient (Wildman–Crippen LogP) is 3.40. The summed E-state index contributed by atoms with van der Waals surface area (Å²) in [5.41, 5.74) is 1.93. The summed E-state index contributed by atoms with van der Waals surface area (Å²) in [6.45, 7) is 0. The van der Waals surface area contributed by atoms with E-state index in [1.54, 1.807) is 12.3 Å². The summed E-state index contributed by atoms with van der Waals surface area (Å²) in [6, 6.07) is 8.77. The van der Waals surface area contributed by atoms with Crippen molar-refractivity contribution >= 4 is 33.6 Å². The quantitative estimate of drug-likeness (QED) is 0.615. The maximum absolute atomic E-state index is 12.9. The summed E-state index contributed by atoms with van der Waals surface area (Å²) in [5.74, 6) is 0.842. The number of nitrogens with one attached hydrogen (secondary N) is 1. The smallest absolute Gasteiger partial charge is 0.143 e. The average Bonchev–Trinajstić information content (AvgIpc) is 2.83. The van der Waals surface area contributed by atoms with E-state index in [1.807, 2.05) is 36.0 Å². The summed E-state index contributed by atoms with van der Waals surface area (Å²) >= 11 is 0. The van der Waals surface area contributed by atoms with Gasteiger partial charge in [-0.1, -0.05) is 0 Å². The number of hydrogen-bond donors (Lipinski definition) is 1. The van der Waals surface area contributed by atoms with Crippen LogP contribution in [0.5, 0.6) is 0 Å². The molecule has 5 nitrogen and oxygen atoms in total. The first kappa shape index (κ1) is 12.7. The highest BCUT2D eigenvalue weighted by molar-refractivity contribution is 6.06. The molecule has 0 spiro atoms. The molecule has 0 saturated heterocycles. The molecule has 0 atom stereocenters. The van der Waals surface area contributed by atoms with E-state index in [-0.39, 0.29) is 5.82 Å². The third-order valence-corrected chi connectivity index (χ3v) is 3.63. The number of hydrogen-bond acceptors (Lipinski definition) is 4. The van der Waals surface area contributed by atoms with Crippen LogP contribution in [-0.2, 0) is 7.05 Å². The van der Waals surface area contributed by atoms with Crippen molar-refractivity contribution in [3.63, 3.8) is 0 Å². The van der Waals surface area contributed by atoms with Gasteiger partial charge in [0, 0.05) is 30.2 Å². The number of halogens is 1. The van der Waals surface area contributed by atoms with E-state index >= 15 is 0 Å². The van der Waals surface area contributed by atoms with Crippen LogP contribution in [0.4, 0.5) is 16.0 Å². The van der Waals surface area contributed by atoms with Crippen molar-refractivity contribution in [2.24, 2.45) is 7.05 Å². The van der Waals surface area contributed by atoms with Gasteiger partial charge in [0.1, 0.15) is 23.1 Å². The lowest BCUT2D eigenvalue weighted by Crippen LogP contribution is -1.97. The van der Waals surface area contributed by atoms with Crippen molar-refractivity contribution in [1.82, 2.24) is 19.5 Å². The molecule has 0 unspecified atom stereocenters. The lowest BCUT2D eigenvalue weighted by molar-refractivity contribution is 0.622. The van der Waals surface area contributed by atoms with Crippen LogP contribution in [0.3, 0.4) is 0 Å². The summed E-state index contributed by atoms with van der Waals surface area (Å²) in [4.78, 5) is 12.8.